The first-order valence-electron chi connectivity index (χ1n) is 4.68. The molecule has 1 atom stereocenters. The van der Waals surface area contributed by atoms with Crippen LogP contribution in [0.3, 0.4) is 0 Å². The monoisotopic (exact) mass is 271 g/mol. The molecule has 0 aliphatic carbocycles. The van der Waals surface area contributed by atoms with E-state index in [4.69, 9.17) is 10.8 Å². The van der Waals surface area contributed by atoms with Gasteiger partial charge in [0.15, 0.2) is 0 Å². The predicted molar refractivity (Wildman–Crippen MR) is 62.7 cm³/mol. The van der Waals surface area contributed by atoms with E-state index in [0.29, 0.717) is 12.8 Å². The highest BCUT2D eigenvalue weighted by atomic mass is 79.9. The first-order chi connectivity index (χ1) is 6.92. The average molecular weight is 272 g/mol. The van der Waals surface area contributed by atoms with Gasteiger partial charge in [-0.25, -0.2) is 0 Å². The number of carboxylic acid groups (broad SMARTS) is 1. The molecule has 0 spiro atoms. The smallest absolute Gasteiger partial charge is 0.323 e. The molecule has 0 saturated heterocycles. The van der Waals surface area contributed by atoms with Crippen molar-refractivity contribution in [2.45, 2.75) is 25.3 Å². The summed E-state index contributed by atoms with van der Waals surface area (Å²) in [6, 6.07) is 7.79. The van der Waals surface area contributed by atoms with Crippen molar-refractivity contribution in [1.82, 2.24) is 0 Å². The molecule has 3 nitrogen and oxygen atoms in total. The summed E-state index contributed by atoms with van der Waals surface area (Å²) < 4.78 is 0.994. The first kappa shape index (κ1) is 12.2. The van der Waals surface area contributed by atoms with Gasteiger partial charge in [-0.15, -0.1) is 0 Å². The van der Waals surface area contributed by atoms with Crippen LogP contribution in [-0.4, -0.2) is 16.6 Å². The first-order valence-corrected chi connectivity index (χ1v) is 5.48. The standard InChI is InChI=1S/C11H14BrNO2/c1-11(13,10(14)15)6-5-8-3-2-4-9(12)7-8/h2-4,7H,5-6,13H2,1H3,(H,14,15). The molecular formula is C11H14BrNO2. The van der Waals surface area contributed by atoms with Gasteiger partial charge in [0, 0.05) is 4.47 Å². The minimum Gasteiger partial charge on any atom is -0.480 e. The predicted octanol–water partition coefficient (Wildman–Crippen LogP) is 2.18. The molecule has 1 aromatic rings. The van der Waals surface area contributed by atoms with Gasteiger partial charge in [0.25, 0.3) is 0 Å². The van der Waals surface area contributed by atoms with Crippen molar-refractivity contribution in [2.24, 2.45) is 5.73 Å². The van der Waals surface area contributed by atoms with E-state index >= 15 is 0 Å². The van der Waals surface area contributed by atoms with E-state index in [2.05, 4.69) is 15.9 Å². The maximum atomic E-state index is 10.8. The molecule has 0 aromatic heterocycles. The lowest BCUT2D eigenvalue weighted by Gasteiger charge is -2.18. The van der Waals surface area contributed by atoms with E-state index in [1.807, 2.05) is 24.3 Å². The molecule has 1 rings (SSSR count). The van der Waals surface area contributed by atoms with Crippen LogP contribution in [0.15, 0.2) is 28.7 Å². The van der Waals surface area contributed by atoms with Gasteiger partial charge in [-0.2, -0.15) is 0 Å². The molecule has 1 unspecified atom stereocenters. The van der Waals surface area contributed by atoms with Crippen LogP contribution in [0.5, 0.6) is 0 Å². The Morgan fingerprint density at radius 3 is 2.80 bits per heavy atom. The molecule has 0 aliphatic heterocycles. The average Bonchev–Trinajstić information content (AvgIpc) is 2.15. The Morgan fingerprint density at radius 1 is 1.60 bits per heavy atom. The fraction of sp³-hybridized carbons (Fsp3) is 0.364. The Labute approximate surface area is 97.4 Å². The molecule has 15 heavy (non-hydrogen) atoms. The number of aryl methyl sites for hydroxylation is 1. The van der Waals surface area contributed by atoms with Crippen molar-refractivity contribution in [3.63, 3.8) is 0 Å². The zero-order valence-corrected chi connectivity index (χ0v) is 10.1. The SMILES string of the molecule is CC(N)(CCc1cccc(Br)c1)C(=O)O. The van der Waals surface area contributed by atoms with Gasteiger partial charge in [-0.05, 0) is 37.5 Å². The maximum absolute atomic E-state index is 10.8. The second-order valence-corrected chi connectivity index (χ2v) is 4.77. The minimum absolute atomic E-state index is 0.429. The van der Waals surface area contributed by atoms with Crippen LogP contribution in [0.1, 0.15) is 18.9 Å². The van der Waals surface area contributed by atoms with Crippen molar-refractivity contribution < 1.29 is 9.90 Å². The molecule has 0 bridgehead atoms. The molecule has 0 aliphatic rings. The lowest BCUT2D eigenvalue weighted by atomic mass is 9.95. The molecule has 0 radical (unpaired) electrons. The zero-order valence-electron chi connectivity index (χ0n) is 8.53. The van der Waals surface area contributed by atoms with E-state index in [1.54, 1.807) is 0 Å². The van der Waals surface area contributed by atoms with Crippen molar-refractivity contribution in [1.29, 1.82) is 0 Å². The summed E-state index contributed by atoms with van der Waals surface area (Å²) in [7, 11) is 0. The highest BCUT2D eigenvalue weighted by Gasteiger charge is 2.27. The highest BCUT2D eigenvalue weighted by Crippen LogP contribution is 2.16. The van der Waals surface area contributed by atoms with Gasteiger partial charge in [0.1, 0.15) is 5.54 Å². The summed E-state index contributed by atoms with van der Waals surface area (Å²) in [5.74, 6) is -0.961. The summed E-state index contributed by atoms with van der Waals surface area (Å²) in [5.41, 5.74) is 5.57. The Bertz CT molecular complexity index is 363. The Hall–Kier alpha value is -0.870. The van der Waals surface area contributed by atoms with Crippen molar-refractivity contribution >= 4 is 21.9 Å². The number of benzene rings is 1. The number of carbonyl (C=O) groups is 1. The Balaban J connectivity index is 2.61. The number of halogens is 1. The number of rotatable bonds is 4. The topological polar surface area (TPSA) is 63.3 Å². The maximum Gasteiger partial charge on any atom is 0.323 e. The van der Waals surface area contributed by atoms with Crippen molar-refractivity contribution in [2.75, 3.05) is 0 Å². The van der Waals surface area contributed by atoms with Gasteiger partial charge in [0.05, 0.1) is 0 Å². The number of nitrogens with two attached hydrogens (primary N) is 1. The number of aliphatic carboxylic acids is 1. The zero-order chi connectivity index (χ0) is 11.5. The molecule has 82 valence electrons. The van der Waals surface area contributed by atoms with Gasteiger partial charge >= 0.3 is 5.97 Å². The minimum atomic E-state index is -1.15. The van der Waals surface area contributed by atoms with Crippen LogP contribution in [0.2, 0.25) is 0 Å². The van der Waals surface area contributed by atoms with Crippen molar-refractivity contribution in [3.8, 4) is 0 Å². The second kappa shape index (κ2) is 4.77. The largest absolute Gasteiger partial charge is 0.480 e. The molecule has 4 heteroatoms. The van der Waals surface area contributed by atoms with E-state index < -0.39 is 11.5 Å². The normalized spacial score (nSPS) is 14.6. The third-order valence-electron chi connectivity index (χ3n) is 2.31. The quantitative estimate of drug-likeness (QED) is 0.883. The Kier molecular flexibility index (Phi) is 3.88. The van der Waals surface area contributed by atoms with E-state index in [9.17, 15) is 4.79 Å². The van der Waals surface area contributed by atoms with Crippen LogP contribution in [0.25, 0.3) is 0 Å². The van der Waals surface area contributed by atoms with E-state index in [1.165, 1.54) is 6.92 Å². The third-order valence-corrected chi connectivity index (χ3v) is 2.80. The summed E-state index contributed by atoms with van der Waals surface area (Å²) in [5, 5.41) is 8.84. The Morgan fingerprint density at radius 2 is 2.27 bits per heavy atom. The lowest BCUT2D eigenvalue weighted by Crippen LogP contribution is -2.45. The summed E-state index contributed by atoms with van der Waals surface area (Å²) in [6.45, 7) is 1.54. The van der Waals surface area contributed by atoms with Crippen LogP contribution in [-0.2, 0) is 11.2 Å². The summed E-state index contributed by atoms with van der Waals surface area (Å²) in [6.07, 6.45) is 1.09. The van der Waals surface area contributed by atoms with Crippen LogP contribution >= 0.6 is 15.9 Å². The molecule has 0 fully saturated rings. The van der Waals surface area contributed by atoms with Crippen molar-refractivity contribution in [3.05, 3.63) is 34.3 Å². The van der Waals surface area contributed by atoms with Gasteiger partial charge < -0.3 is 10.8 Å². The second-order valence-electron chi connectivity index (χ2n) is 3.85. The van der Waals surface area contributed by atoms with Gasteiger partial charge in [-0.1, -0.05) is 28.1 Å². The number of carboxylic acids is 1. The molecule has 1 aromatic carbocycles. The fourth-order valence-corrected chi connectivity index (χ4v) is 1.65. The van der Waals surface area contributed by atoms with E-state index in [0.717, 1.165) is 10.0 Å². The molecule has 3 N–H and O–H groups in total. The van der Waals surface area contributed by atoms with Crippen LogP contribution in [0, 0.1) is 0 Å². The van der Waals surface area contributed by atoms with Gasteiger partial charge in [0.2, 0.25) is 0 Å². The fourth-order valence-electron chi connectivity index (χ4n) is 1.20. The third kappa shape index (κ3) is 3.64. The summed E-state index contributed by atoms with van der Waals surface area (Å²) in [4.78, 5) is 10.8. The number of hydrogen-bond acceptors (Lipinski definition) is 2. The highest BCUT2D eigenvalue weighted by molar-refractivity contribution is 9.10. The molecular weight excluding hydrogens is 258 g/mol. The van der Waals surface area contributed by atoms with Crippen LogP contribution in [0.4, 0.5) is 0 Å². The molecule has 0 saturated carbocycles. The lowest BCUT2D eigenvalue weighted by molar-refractivity contribution is -0.142. The molecule has 0 amide bonds. The summed E-state index contributed by atoms with van der Waals surface area (Å²) >= 11 is 3.36. The van der Waals surface area contributed by atoms with Crippen LogP contribution < -0.4 is 5.73 Å². The van der Waals surface area contributed by atoms with E-state index in [-0.39, 0.29) is 0 Å². The van der Waals surface area contributed by atoms with Gasteiger partial charge in [-0.3, -0.25) is 4.79 Å². The number of hydrogen-bond donors (Lipinski definition) is 2. The molecule has 0 heterocycles.